The molecule has 148 valence electrons. The van der Waals surface area contributed by atoms with Crippen molar-refractivity contribution in [1.29, 1.82) is 5.26 Å². The first-order valence-electron chi connectivity index (χ1n) is 8.84. The highest BCUT2D eigenvalue weighted by molar-refractivity contribution is 5.95. The maximum absolute atomic E-state index is 13.1. The second-order valence-corrected chi connectivity index (χ2v) is 6.54. The van der Waals surface area contributed by atoms with Crippen LogP contribution in [-0.4, -0.2) is 21.9 Å². The number of carbonyl (C=O) groups is 1. The van der Waals surface area contributed by atoms with Crippen LogP contribution in [0.15, 0.2) is 45.6 Å². The van der Waals surface area contributed by atoms with Crippen molar-refractivity contribution < 1.29 is 14.1 Å². The predicted molar refractivity (Wildman–Crippen MR) is 106 cm³/mol. The van der Waals surface area contributed by atoms with Gasteiger partial charge in [0.15, 0.2) is 5.58 Å². The van der Waals surface area contributed by atoms with E-state index in [-0.39, 0.29) is 36.3 Å². The van der Waals surface area contributed by atoms with E-state index in [9.17, 15) is 19.7 Å². The molecule has 29 heavy (non-hydrogen) atoms. The molecule has 1 heterocycles. The summed E-state index contributed by atoms with van der Waals surface area (Å²) in [6.45, 7) is 3.58. The molecule has 0 saturated carbocycles. The molecule has 1 amide bonds. The zero-order valence-corrected chi connectivity index (χ0v) is 15.9. The van der Waals surface area contributed by atoms with Crippen molar-refractivity contribution in [3.05, 3.63) is 68.2 Å². The van der Waals surface area contributed by atoms with Crippen LogP contribution < -0.4 is 10.7 Å². The van der Waals surface area contributed by atoms with Crippen LogP contribution in [0.1, 0.15) is 17.5 Å². The Balaban J connectivity index is 2.02. The molecule has 0 spiro atoms. The summed E-state index contributed by atoms with van der Waals surface area (Å²) < 4.78 is 6.17. The Morgan fingerprint density at radius 1 is 1.31 bits per heavy atom. The lowest BCUT2D eigenvalue weighted by molar-refractivity contribution is -0.384. The van der Waals surface area contributed by atoms with Crippen LogP contribution in [-0.2, 0) is 11.3 Å². The lowest BCUT2D eigenvalue weighted by Gasteiger charge is -2.24. The number of nitro groups is 1. The number of aryl methyl sites for hydroxylation is 1. The molecule has 0 aliphatic carbocycles. The Morgan fingerprint density at radius 2 is 2.07 bits per heavy atom. The van der Waals surface area contributed by atoms with Crippen LogP contribution in [0.4, 0.5) is 11.4 Å². The Kier molecular flexibility index (Phi) is 5.45. The summed E-state index contributed by atoms with van der Waals surface area (Å²) in [4.78, 5) is 37.2. The summed E-state index contributed by atoms with van der Waals surface area (Å²) in [6.07, 6.45) is 0.117. The van der Waals surface area contributed by atoms with Crippen molar-refractivity contribution in [2.75, 3.05) is 11.4 Å². The summed E-state index contributed by atoms with van der Waals surface area (Å²) in [5.74, 6) is -1.21. The molecule has 0 aliphatic heterocycles. The number of nitro benzene ring substituents is 1. The summed E-state index contributed by atoms with van der Waals surface area (Å²) in [7, 11) is 0. The highest BCUT2D eigenvalue weighted by Gasteiger charge is 2.22. The van der Waals surface area contributed by atoms with Crippen LogP contribution in [0.3, 0.4) is 0 Å². The van der Waals surface area contributed by atoms with Gasteiger partial charge in [-0.15, -0.1) is 0 Å². The fourth-order valence-corrected chi connectivity index (χ4v) is 3.10. The van der Waals surface area contributed by atoms with Gasteiger partial charge in [-0.05, 0) is 37.1 Å². The predicted octanol–water partition coefficient (Wildman–Crippen LogP) is 3.07. The van der Waals surface area contributed by atoms with Gasteiger partial charge in [-0.2, -0.15) is 5.26 Å². The minimum atomic E-state index is -0.782. The fraction of sp³-hybridized carbons (Fsp3) is 0.250. The molecule has 9 nitrogen and oxygen atoms in total. The number of rotatable bonds is 6. The Labute approximate surface area is 165 Å². The van der Waals surface area contributed by atoms with Crippen LogP contribution in [0.5, 0.6) is 0 Å². The molecular formula is C20H18N4O5. The van der Waals surface area contributed by atoms with Gasteiger partial charge in [0, 0.05) is 24.4 Å². The maximum Gasteiger partial charge on any atom is 0.420 e. The van der Waals surface area contributed by atoms with E-state index in [1.807, 2.05) is 32.0 Å². The largest absolute Gasteiger partial charge is 0.420 e. The quantitative estimate of drug-likeness (QED) is 0.468. The molecule has 0 atom stereocenters. The third kappa shape index (κ3) is 3.87. The highest BCUT2D eigenvalue weighted by Crippen LogP contribution is 2.24. The number of hydrogen-bond donors (Lipinski definition) is 0. The highest BCUT2D eigenvalue weighted by atomic mass is 16.6. The Bertz CT molecular complexity index is 1200. The summed E-state index contributed by atoms with van der Waals surface area (Å²) in [6, 6.07) is 11.3. The molecule has 9 heteroatoms. The van der Waals surface area contributed by atoms with Crippen molar-refractivity contribution in [2.45, 2.75) is 26.8 Å². The van der Waals surface area contributed by atoms with Crippen molar-refractivity contribution in [2.24, 2.45) is 0 Å². The van der Waals surface area contributed by atoms with Crippen molar-refractivity contribution in [3.63, 3.8) is 0 Å². The van der Waals surface area contributed by atoms with Crippen LogP contribution in [0.2, 0.25) is 0 Å². The number of benzene rings is 2. The molecule has 0 aliphatic rings. The number of nitrogens with zero attached hydrogens (tertiary/aromatic N) is 4. The first-order chi connectivity index (χ1) is 13.8. The SMILES string of the molecule is Cc1cccc(N(CCC#N)C(=O)Cn2c(=O)oc3ccc([N+](=O)[O-])cc32)c1C. The standard InChI is InChI=1S/C20H18N4O5/c1-13-5-3-6-16(14(13)2)22(10-4-9-21)19(25)12-23-17-11-15(24(27)28)7-8-18(17)29-20(23)26/h3,5-8,11H,4,10,12H2,1-2H3. The van der Waals surface area contributed by atoms with Gasteiger partial charge in [-0.1, -0.05) is 12.1 Å². The van der Waals surface area contributed by atoms with Gasteiger partial charge in [-0.25, -0.2) is 4.79 Å². The number of non-ortho nitro benzene ring substituents is 1. The van der Waals surface area contributed by atoms with Crippen molar-refractivity contribution in [3.8, 4) is 6.07 Å². The topological polar surface area (TPSA) is 122 Å². The normalized spacial score (nSPS) is 10.7. The van der Waals surface area contributed by atoms with Gasteiger partial charge in [0.25, 0.3) is 5.69 Å². The van der Waals surface area contributed by atoms with E-state index in [1.54, 1.807) is 6.07 Å². The average Bonchev–Trinajstić information content (AvgIpc) is 2.99. The molecule has 0 saturated heterocycles. The van der Waals surface area contributed by atoms with E-state index in [0.717, 1.165) is 15.7 Å². The van der Waals surface area contributed by atoms with Gasteiger partial charge < -0.3 is 9.32 Å². The lowest BCUT2D eigenvalue weighted by atomic mass is 10.1. The molecule has 0 fully saturated rings. The number of aromatic nitrogens is 1. The summed E-state index contributed by atoms with van der Waals surface area (Å²) in [5.41, 5.74) is 2.63. The smallest absolute Gasteiger partial charge is 0.408 e. The number of anilines is 1. The molecular weight excluding hydrogens is 376 g/mol. The maximum atomic E-state index is 13.1. The van der Waals surface area contributed by atoms with Crippen LogP contribution in [0.25, 0.3) is 11.1 Å². The molecule has 2 aromatic carbocycles. The molecule has 0 bridgehead atoms. The summed E-state index contributed by atoms with van der Waals surface area (Å²) in [5, 5.41) is 20.0. The Hall–Kier alpha value is -3.93. The second kappa shape index (κ2) is 7.98. The lowest BCUT2D eigenvalue weighted by Crippen LogP contribution is -2.37. The number of nitriles is 1. The number of amides is 1. The monoisotopic (exact) mass is 394 g/mol. The molecule has 0 unspecified atom stereocenters. The van der Waals surface area contributed by atoms with E-state index in [1.165, 1.54) is 23.1 Å². The van der Waals surface area contributed by atoms with Crippen LogP contribution >= 0.6 is 0 Å². The van der Waals surface area contributed by atoms with Crippen molar-refractivity contribution >= 4 is 28.4 Å². The van der Waals surface area contributed by atoms with Gasteiger partial charge in [0.2, 0.25) is 5.91 Å². The zero-order chi connectivity index (χ0) is 21.1. The number of hydrogen-bond acceptors (Lipinski definition) is 6. The number of oxazole rings is 1. The third-order valence-corrected chi connectivity index (χ3v) is 4.77. The van der Waals surface area contributed by atoms with E-state index in [4.69, 9.17) is 9.68 Å². The molecule has 0 radical (unpaired) electrons. The Morgan fingerprint density at radius 3 is 2.76 bits per heavy atom. The van der Waals surface area contributed by atoms with Gasteiger partial charge in [0.05, 0.1) is 22.9 Å². The average molecular weight is 394 g/mol. The minimum absolute atomic E-state index is 0.117. The second-order valence-electron chi connectivity index (χ2n) is 6.54. The van der Waals surface area contributed by atoms with Gasteiger partial charge >= 0.3 is 5.76 Å². The van der Waals surface area contributed by atoms with Crippen molar-refractivity contribution in [1.82, 2.24) is 4.57 Å². The van der Waals surface area contributed by atoms with Gasteiger partial charge in [0.1, 0.15) is 6.54 Å². The zero-order valence-electron chi connectivity index (χ0n) is 15.9. The molecule has 3 aromatic rings. The fourth-order valence-electron chi connectivity index (χ4n) is 3.10. The van der Waals surface area contributed by atoms with E-state index < -0.39 is 16.6 Å². The first-order valence-corrected chi connectivity index (χ1v) is 8.84. The van der Waals surface area contributed by atoms with Crippen LogP contribution in [0, 0.1) is 35.3 Å². The molecule has 1 aromatic heterocycles. The van der Waals surface area contributed by atoms with E-state index in [2.05, 4.69) is 0 Å². The van der Waals surface area contributed by atoms with Gasteiger partial charge in [-0.3, -0.25) is 19.5 Å². The summed E-state index contributed by atoms with van der Waals surface area (Å²) >= 11 is 0. The minimum Gasteiger partial charge on any atom is -0.408 e. The van der Waals surface area contributed by atoms with E-state index in [0.29, 0.717) is 5.69 Å². The third-order valence-electron chi connectivity index (χ3n) is 4.77. The molecule has 0 N–H and O–H groups in total. The van der Waals surface area contributed by atoms with E-state index >= 15 is 0 Å². The number of fused-ring (bicyclic) bond motifs is 1. The molecule has 3 rings (SSSR count). The first kappa shape index (κ1) is 19.8. The number of carbonyl (C=O) groups excluding carboxylic acids is 1.